The van der Waals surface area contributed by atoms with Crippen LogP contribution in [-0.4, -0.2) is 23.0 Å². The first-order valence-corrected chi connectivity index (χ1v) is 9.31. The van der Waals surface area contributed by atoms with E-state index in [0.717, 1.165) is 28.3 Å². The van der Waals surface area contributed by atoms with Gasteiger partial charge in [-0.15, -0.1) is 0 Å². The second-order valence-corrected chi connectivity index (χ2v) is 6.90. The van der Waals surface area contributed by atoms with Crippen molar-refractivity contribution in [3.63, 3.8) is 0 Å². The van der Waals surface area contributed by atoms with Gasteiger partial charge < -0.3 is 0 Å². The van der Waals surface area contributed by atoms with Crippen molar-refractivity contribution in [2.45, 2.75) is 26.2 Å². The number of carbonyl (C=O) groups excluding carboxylic acids is 2. The number of hydrogen-bond acceptors (Lipinski definition) is 4. The molecular formula is C24H20N2O2. The van der Waals surface area contributed by atoms with Crippen LogP contribution in [0.25, 0.3) is 0 Å². The van der Waals surface area contributed by atoms with Gasteiger partial charge in [0, 0.05) is 17.6 Å². The molecule has 0 radical (unpaired) electrons. The van der Waals surface area contributed by atoms with Crippen LogP contribution in [0.4, 0.5) is 5.69 Å². The minimum Gasteiger partial charge on any atom is -0.294 e. The lowest BCUT2D eigenvalue weighted by molar-refractivity contribution is -0.114. The van der Waals surface area contributed by atoms with Gasteiger partial charge in [0.25, 0.3) is 0 Å². The highest BCUT2D eigenvalue weighted by atomic mass is 16.1. The number of hydrogen-bond donors (Lipinski definition) is 0. The van der Waals surface area contributed by atoms with Crippen molar-refractivity contribution in [3.05, 3.63) is 89.2 Å². The van der Waals surface area contributed by atoms with E-state index in [1.54, 1.807) is 12.2 Å². The van der Waals surface area contributed by atoms with Crippen molar-refractivity contribution >= 4 is 28.7 Å². The standard InChI is InChI=1S/C24H20N2O2/c1-3-7-17-19(4-2)25-21(13-23(17)27)15-10-11-16(12-15)22-14-24(28)18-8-5-6-9-20(18)26-22/h3-11H,2,12-14H2,1H3/b7-3-. The Morgan fingerprint density at radius 2 is 1.61 bits per heavy atom. The van der Waals surface area contributed by atoms with Crippen molar-refractivity contribution in [1.82, 2.24) is 0 Å². The van der Waals surface area contributed by atoms with Gasteiger partial charge in [-0.3, -0.25) is 19.6 Å². The summed E-state index contributed by atoms with van der Waals surface area (Å²) in [4.78, 5) is 34.3. The van der Waals surface area contributed by atoms with Gasteiger partial charge in [0.2, 0.25) is 0 Å². The molecule has 0 saturated heterocycles. The normalized spacial score (nSPS) is 19.3. The van der Waals surface area contributed by atoms with Crippen LogP contribution in [0.15, 0.2) is 93.6 Å². The van der Waals surface area contributed by atoms with Gasteiger partial charge in [0.15, 0.2) is 11.6 Å². The van der Waals surface area contributed by atoms with Crippen LogP contribution in [0.2, 0.25) is 0 Å². The van der Waals surface area contributed by atoms with Crippen LogP contribution in [0, 0.1) is 0 Å². The Bertz CT molecular complexity index is 1090. The number of allylic oxidation sites excluding steroid dienone is 8. The molecule has 0 spiro atoms. The molecule has 1 aromatic carbocycles. The van der Waals surface area contributed by atoms with E-state index in [4.69, 9.17) is 4.99 Å². The molecule has 138 valence electrons. The smallest absolute Gasteiger partial charge is 0.170 e. The molecule has 0 saturated carbocycles. The van der Waals surface area contributed by atoms with Crippen molar-refractivity contribution in [3.8, 4) is 0 Å². The fourth-order valence-electron chi connectivity index (χ4n) is 3.67. The van der Waals surface area contributed by atoms with Crippen LogP contribution in [0.1, 0.15) is 36.5 Å². The molecule has 28 heavy (non-hydrogen) atoms. The first-order chi connectivity index (χ1) is 13.6. The molecule has 0 fully saturated rings. The maximum Gasteiger partial charge on any atom is 0.170 e. The fourth-order valence-corrected chi connectivity index (χ4v) is 3.67. The summed E-state index contributed by atoms with van der Waals surface area (Å²) < 4.78 is 0. The van der Waals surface area contributed by atoms with Gasteiger partial charge in [0.05, 0.1) is 35.6 Å². The summed E-state index contributed by atoms with van der Waals surface area (Å²) in [6.45, 7) is 5.67. The quantitative estimate of drug-likeness (QED) is 0.748. The first kappa shape index (κ1) is 18.0. The molecule has 0 aromatic heterocycles. The van der Waals surface area contributed by atoms with Crippen LogP contribution in [0.3, 0.4) is 0 Å². The Labute approximate surface area is 164 Å². The van der Waals surface area contributed by atoms with E-state index in [0.29, 0.717) is 29.7 Å². The summed E-state index contributed by atoms with van der Waals surface area (Å²) in [6.07, 6.45) is 10.4. The molecule has 1 aliphatic carbocycles. The highest BCUT2D eigenvalue weighted by molar-refractivity contribution is 6.23. The predicted molar refractivity (Wildman–Crippen MR) is 112 cm³/mol. The predicted octanol–water partition coefficient (Wildman–Crippen LogP) is 5.03. The Balaban J connectivity index is 1.58. The summed E-state index contributed by atoms with van der Waals surface area (Å²) in [5.41, 5.74) is 6.19. The van der Waals surface area contributed by atoms with Crippen LogP contribution in [0.5, 0.6) is 0 Å². The lowest BCUT2D eigenvalue weighted by Gasteiger charge is -2.18. The Hall–Kier alpha value is -3.40. The third kappa shape index (κ3) is 3.18. The molecule has 4 nitrogen and oxygen atoms in total. The summed E-state index contributed by atoms with van der Waals surface area (Å²) >= 11 is 0. The van der Waals surface area contributed by atoms with Gasteiger partial charge >= 0.3 is 0 Å². The number of fused-ring (bicyclic) bond motifs is 1. The lowest BCUT2D eigenvalue weighted by atomic mass is 9.92. The number of para-hydroxylation sites is 1. The SMILES string of the molecule is C=CC1=C(/C=C\C)C(=O)CC(C2=CC=C(C3=Nc4ccccc4C(=O)C3)C2)=N1. The average Bonchev–Trinajstić information content (AvgIpc) is 3.20. The number of nitrogens with zero attached hydrogens (tertiary/aromatic N) is 2. The highest BCUT2D eigenvalue weighted by Gasteiger charge is 2.27. The van der Waals surface area contributed by atoms with E-state index in [-0.39, 0.29) is 18.0 Å². The number of aliphatic imine (C=N–C) groups is 2. The molecule has 0 atom stereocenters. The zero-order valence-electron chi connectivity index (χ0n) is 15.7. The maximum absolute atomic E-state index is 12.5. The minimum absolute atomic E-state index is 0.0477. The Morgan fingerprint density at radius 1 is 0.929 bits per heavy atom. The molecule has 2 heterocycles. The highest BCUT2D eigenvalue weighted by Crippen LogP contribution is 2.33. The number of benzene rings is 1. The van der Waals surface area contributed by atoms with E-state index in [1.165, 1.54) is 0 Å². The molecule has 0 N–H and O–H groups in total. The van der Waals surface area contributed by atoms with Crippen molar-refractivity contribution in [2.24, 2.45) is 9.98 Å². The van der Waals surface area contributed by atoms with Gasteiger partial charge in [0.1, 0.15) is 0 Å². The molecule has 0 unspecified atom stereocenters. The van der Waals surface area contributed by atoms with E-state index in [9.17, 15) is 9.59 Å². The van der Waals surface area contributed by atoms with Gasteiger partial charge in [-0.1, -0.05) is 43.0 Å². The monoisotopic (exact) mass is 368 g/mol. The Kier molecular flexibility index (Phi) is 4.70. The summed E-state index contributed by atoms with van der Waals surface area (Å²) in [6, 6.07) is 7.43. The largest absolute Gasteiger partial charge is 0.294 e. The molecule has 4 rings (SSSR count). The molecule has 2 aliphatic heterocycles. The zero-order valence-corrected chi connectivity index (χ0v) is 15.7. The number of rotatable bonds is 4. The molecule has 0 bridgehead atoms. The molecule has 4 heteroatoms. The number of Topliss-reactive ketones (excluding diaryl/α,β-unsaturated/α-hetero) is 2. The summed E-state index contributed by atoms with van der Waals surface area (Å²) in [5, 5.41) is 0. The van der Waals surface area contributed by atoms with E-state index >= 15 is 0 Å². The molecule has 0 amide bonds. The summed E-state index contributed by atoms with van der Waals surface area (Å²) in [5.74, 6) is 0.138. The topological polar surface area (TPSA) is 58.9 Å². The van der Waals surface area contributed by atoms with Crippen molar-refractivity contribution in [2.75, 3.05) is 0 Å². The third-order valence-corrected chi connectivity index (χ3v) is 5.08. The maximum atomic E-state index is 12.5. The second kappa shape index (κ2) is 7.31. The number of carbonyl (C=O) groups is 2. The van der Waals surface area contributed by atoms with Crippen molar-refractivity contribution in [1.29, 1.82) is 0 Å². The molecular weight excluding hydrogens is 348 g/mol. The van der Waals surface area contributed by atoms with Gasteiger partial charge in [-0.2, -0.15) is 0 Å². The first-order valence-electron chi connectivity index (χ1n) is 9.31. The molecule has 3 aliphatic rings. The third-order valence-electron chi connectivity index (χ3n) is 5.08. The Morgan fingerprint density at radius 3 is 2.32 bits per heavy atom. The number of ketones is 2. The van der Waals surface area contributed by atoms with Crippen molar-refractivity contribution < 1.29 is 9.59 Å². The second-order valence-electron chi connectivity index (χ2n) is 6.90. The minimum atomic E-state index is 0.0477. The fraction of sp³-hybridized carbons (Fsp3) is 0.167. The van der Waals surface area contributed by atoms with Gasteiger partial charge in [-0.05, 0) is 36.3 Å². The van der Waals surface area contributed by atoms with Crippen LogP contribution in [-0.2, 0) is 4.79 Å². The summed E-state index contributed by atoms with van der Waals surface area (Å²) in [7, 11) is 0. The molecule has 1 aromatic rings. The van der Waals surface area contributed by atoms with Gasteiger partial charge in [-0.25, -0.2) is 0 Å². The zero-order chi connectivity index (χ0) is 19.7. The van der Waals surface area contributed by atoms with Crippen LogP contribution < -0.4 is 0 Å². The van der Waals surface area contributed by atoms with E-state index in [2.05, 4.69) is 11.6 Å². The average molecular weight is 368 g/mol. The van der Waals surface area contributed by atoms with E-state index in [1.807, 2.05) is 49.4 Å². The lowest BCUT2D eigenvalue weighted by Crippen LogP contribution is -2.18. The van der Waals surface area contributed by atoms with E-state index < -0.39 is 0 Å². The van der Waals surface area contributed by atoms with Crippen LogP contribution >= 0.6 is 0 Å².